The fourth-order valence-corrected chi connectivity index (χ4v) is 3.23. The van der Waals surface area contributed by atoms with Crippen LogP contribution in [-0.2, 0) is 11.3 Å². The molecular weight excluding hydrogens is 359 g/mol. The summed E-state index contributed by atoms with van der Waals surface area (Å²) >= 11 is 13.4. The largest absolute Gasteiger partial charge is 0.383 e. The van der Waals surface area contributed by atoms with Crippen molar-refractivity contribution in [2.45, 2.75) is 6.54 Å². The van der Waals surface area contributed by atoms with Crippen LogP contribution in [-0.4, -0.2) is 30.6 Å². The molecule has 1 aromatic carbocycles. The van der Waals surface area contributed by atoms with Crippen molar-refractivity contribution in [3.05, 3.63) is 44.2 Å². The zero-order valence-electron chi connectivity index (χ0n) is 12.6. The van der Waals surface area contributed by atoms with E-state index in [4.69, 9.17) is 33.7 Å². The van der Waals surface area contributed by atoms with Crippen molar-refractivity contribution in [2.75, 3.05) is 26.1 Å². The van der Waals surface area contributed by atoms with Gasteiger partial charge in [-0.3, -0.25) is 13.7 Å². The monoisotopic (exact) mass is 374 g/mol. The van der Waals surface area contributed by atoms with Crippen molar-refractivity contribution in [1.82, 2.24) is 3.96 Å². The molecule has 0 spiro atoms. The van der Waals surface area contributed by atoms with Gasteiger partial charge >= 0.3 is 0 Å². The first-order valence-electron chi connectivity index (χ1n) is 6.66. The normalized spacial score (nSPS) is 11.7. The molecule has 6 nitrogen and oxygen atoms in total. The van der Waals surface area contributed by atoms with E-state index in [0.717, 1.165) is 0 Å². The van der Waals surface area contributed by atoms with E-state index in [1.807, 2.05) is 0 Å². The second-order valence-electron chi connectivity index (χ2n) is 4.53. The van der Waals surface area contributed by atoms with Crippen molar-refractivity contribution in [3.63, 3.8) is 0 Å². The molecule has 124 valence electrons. The van der Waals surface area contributed by atoms with Crippen LogP contribution in [0.15, 0.2) is 28.0 Å². The van der Waals surface area contributed by atoms with Gasteiger partial charge in [0.25, 0.3) is 5.56 Å². The van der Waals surface area contributed by atoms with Crippen LogP contribution in [0.5, 0.6) is 0 Å². The minimum atomic E-state index is -0.226. The third kappa shape index (κ3) is 3.87. The smallest absolute Gasteiger partial charge is 0.273 e. The molecule has 0 amide bonds. The number of nitrogens with one attached hydrogen (secondary N) is 1. The van der Waals surface area contributed by atoms with Gasteiger partial charge < -0.3 is 15.8 Å². The first kappa shape index (κ1) is 17.8. The van der Waals surface area contributed by atoms with Crippen LogP contribution < -0.4 is 16.6 Å². The van der Waals surface area contributed by atoms with Crippen molar-refractivity contribution >= 4 is 51.3 Å². The van der Waals surface area contributed by atoms with Gasteiger partial charge in [0.15, 0.2) is 0 Å². The van der Waals surface area contributed by atoms with Crippen molar-refractivity contribution in [3.8, 4) is 0 Å². The van der Waals surface area contributed by atoms with Crippen LogP contribution in [0.25, 0.3) is 0 Å². The summed E-state index contributed by atoms with van der Waals surface area (Å²) in [5, 5.41) is 4.46. The minimum Gasteiger partial charge on any atom is -0.383 e. The number of rotatable bonds is 6. The molecule has 2 rings (SSSR count). The van der Waals surface area contributed by atoms with E-state index in [-0.39, 0.29) is 11.4 Å². The molecule has 23 heavy (non-hydrogen) atoms. The number of aromatic nitrogens is 1. The fourth-order valence-electron chi connectivity index (χ4n) is 1.89. The molecule has 3 N–H and O–H groups in total. The standard InChI is InChI=1S/C14H16Cl2N4O2S/c1-18-12(17)10-13(23-20(14(10)21)6-7-22-2)19-9-5-3-4-8(15)11(9)16/h3-5,19H,6-7H2,1-2H3,(H2,17,18). The maximum Gasteiger partial charge on any atom is 0.273 e. The Balaban J connectivity index is 2.48. The lowest BCUT2D eigenvalue weighted by Crippen LogP contribution is -2.26. The highest BCUT2D eigenvalue weighted by Crippen LogP contribution is 2.33. The van der Waals surface area contributed by atoms with E-state index in [2.05, 4.69) is 10.3 Å². The maximum absolute atomic E-state index is 12.5. The number of hydrogen-bond acceptors (Lipinski definition) is 5. The molecule has 0 fully saturated rings. The van der Waals surface area contributed by atoms with Crippen LogP contribution >= 0.6 is 34.7 Å². The Kier molecular flexibility index (Phi) is 6.06. The second-order valence-corrected chi connectivity index (χ2v) is 6.35. The van der Waals surface area contributed by atoms with Gasteiger partial charge in [-0.15, -0.1) is 0 Å². The van der Waals surface area contributed by atoms with Crippen LogP contribution in [0.1, 0.15) is 5.56 Å². The molecule has 0 aliphatic rings. The summed E-state index contributed by atoms with van der Waals surface area (Å²) in [6.45, 7) is 0.843. The fraction of sp³-hybridized carbons (Fsp3) is 0.286. The Morgan fingerprint density at radius 3 is 2.87 bits per heavy atom. The van der Waals surface area contributed by atoms with Gasteiger partial charge in [-0.1, -0.05) is 29.3 Å². The van der Waals surface area contributed by atoms with Gasteiger partial charge in [-0.25, -0.2) is 0 Å². The summed E-state index contributed by atoms with van der Waals surface area (Å²) in [5.41, 5.74) is 6.54. The molecule has 0 unspecified atom stereocenters. The summed E-state index contributed by atoms with van der Waals surface area (Å²) in [6, 6.07) is 5.21. The maximum atomic E-state index is 12.5. The van der Waals surface area contributed by atoms with E-state index in [1.54, 1.807) is 29.3 Å². The first-order valence-corrected chi connectivity index (χ1v) is 8.19. The van der Waals surface area contributed by atoms with Crippen molar-refractivity contribution in [1.29, 1.82) is 0 Å². The van der Waals surface area contributed by atoms with Crippen LogP contribution in [0.3, 0.4) is 0 Å². The van der Waals surface area contributed by atoms with Gasteiger partial charge in [-0.2, -0.15) is 0 Å². The van der Waals surface area contributed by atoms with Gasteiger partial charge in [-0.05, 0) is 23.7 Å². The number of anilines is 2. The number of hydrogen-bond donors (Lipinski definition) is 2. The zero-order chi connectivity index (χ0) is 17.0. The van der Waals surface area contributed by atoms with Crippen molar-refractivity contribution in [2.24, 2.45) is 10.7 Å². The predicted molar refractivity (Wildman–Crippen MR) is 96.8 cm³/mol. The number of ether oxygens (including phenoxy) is 1. The number of aliphatic imine (C=N–C) groups is 1. The van der Waals surface area contributed by atoms with Crippen molar-refractivity contribution < 1.29 is 4.74 Å². The Morgan fingerprint density at radius 1 is 1.48 bits per heavy atom. The number of halogens is 2. The summed E-state index contributed by atoms with van der Waals surface area (Å²) in [7, 11) is 3.11. The van der Waals surface area contributed by atoms with Crippen LogP contribution in [0.4, 0.5) is 10.7 Å². The highest BCUT2D eigenvalue weighted by Gasteiger charge is 2.19. The molecular formula is C14H16Cl2N4O2S. The van der Waals surface area contributed by atoms with Gasteiger partial charge in [0.05, 0.1) is 28.9 Å². The number of nitrogens with zero attached hydrogens (tertiary/aromatic N) is 2. The summed E-state index contributed by atoms with van der Waals surface area (Å²) < 4.78 is 6.57. The molecule has 0 saturated heterocycles. The third-order valence-electron chi connectivity index (χ3n) is 3.06. The molecule has 9 heteroatoms. The third-order valence-corrected chi connectivity index (χ3v) is 4.94. The summed E-state index contributed by atoms with van der Waals surface area (Å²) in [5.74, 6) is 0.156. The molecule has 1 aromatic heterocycles. The highest BCUT2D eigenvalue weighted by molar-refractivity contribution is 7.11. The van der Waals surface area contributed by atoms with Gasteiger partial charge in [0, 0.05) is 14.2 Å². The molecule has 0 bridgehead atoms. The van der Waals surface area contributed by atoms with Crippen LogP contribution in [0, 0.1) is 0 Å². The van der Waals surface area contributed by atoms with E-state index < -0.39 is 0 Å². The lowest BCUT2D eigenvalue weighted by Gasteiger charge is -2.08. The van der Waals surface area contributed by atoms with E-state index >= 15 is 0 Å². The minimum absolute atomic E-state index is 0.156. The molecule has 1 heterocycles. The Bertz CT molecular complexity index is 786. The van der Waals surface area contributed by atoms with E-state index in [1.165, 1.54) is 18.6 Å². The summed E-state index contributed by atoms with van der Waals surface area (Å²) in [6.07, 6.45) is 0. The van der Waals surface area contributed by atoms with E-state index in [0.29, 0.717) is 39.4 Å². The Morgan fingerprint density at radius 2 is 2.22 bits per heavy atom. The molecule has 2 aromatic rings. The topological polar surface area (TPSA) is 81.6 Å². The predicted octanol–water partition coefficient (Wildman–Crippen LogP) is 2.94. The Hall–Kier alpha value is -1.54. The molecule has 0 atom stereocenters. The number of amidine groups is 1. The number of benzene rings is 1. The van der Waals surface area contributed by atoms with Crippen LogP contribution in [0.2, 0.25) is 10.0 Å². The SMILES string of the molecule is CN=C(N)c1c(Nc2cccc(Cl)c2Cl)sn(CCOC)c1=O. The summed E-state index contributed by atoms with van der Waals surface area (Å²) in [4.78, 5) is 16.4. The zero-order valence-corrected chi connectivity index (χ0v) is 14.9. The molecule has 0 aliphatic carbocycles. The average Bonchev–Trinajstić information content (AvgIpc) is 2.85. The molecule has 0 radical (unpaired) electrons. The highest BCUT2D eigenvalue weighted by atomic mass is 35.5. The second kappa shape index (κ2) is 7.83. The number of methoxy groups -OCH3 is 1. The Labute approximate surface area is 147 Å². The molecule has 0 aliphatic heterocycles. The van der Waals surface area contributed by atoms with E-state index in [9.17, 15) is 4.79 Å². The quantitative estimate of drug-likeness (QED) is 0.601. The van der Waals surface area contributed by atoms with Gasteiger partial charge in [0.1, 0.15) is 16.4 Å². The lowest BCUT2D eigenvalue weighted by atomic mass is 10.2. The first-order chi connectivity index (χ1) is 11.0. The molecule has 0 saturated carbocycles. The van der Waals surface area contributed by atoms with Gasteiger partial charge in [0.2, 0.25) is 0 Å². The average molecular weight is 375 g/mol. The number of nitrogens with two attached hydrogens (primary N) is 1. The lowest BCUT2D eigenvalue weighted by molar-refractivity contribution is 0.189.